The fourth-order valence-corrected chi connectivity index (χ4v) is 1.46. The molecule has 0 aliphatic rings. The van der Waals surface area contributed by atoms with E-state index in [4.69, 9.17) is 11.0 Å². The first-order chi connectivity index (χ1) is 8.90. The number of hydrogen-bond donors (Lipinski definition) is 3. The Kier molecular flexibility index (Phi) is 5.93. The van der Waals surface area contributed by atoms with Crippen LogP contribution in [0.15, 0.2) is 29.8 Å². The zero-order valence-electron chi connectivity index (χ0n) is 11.3. The van der Waals surface area contributed by atoms with Crippen molar-refractivity contribution in [3.63, 3.8) is 0 Å². The van der Waals surface area contributed by atoms with Crippen LogP contribution in [-0.4, -0.2) is 35.9 Å². The van der Waals surface area contributed by atoms with Gasteiger partial charge in [0.25, 0.3) is 5.91 Å². The number of carbonyl (C=O) groups excluding carboxylic acids is 2. The highest BCUT2D eigenvalue weighted by Crippen LogP contribution is 2.20. The van der Waals surface area contributed by atoms with E-state index in [1.807, 2.05) is 0 Å². The fraction of sp³-hybridized carbons (Fsp3) is 0.154. The number of nitriles is 1. The Labute approximate surface area is 116 Å². The van der Waals surface area contributed by atoms with Gasteiger partial charge in [0.05, 0.1) is 5.56 Å². The number of hydrogen-bond acceptors (Lipinski definition) is 5. The quantitative estimate of drug-likeness (QED) is 0.425. The van der Waals surface area contributed by atoms with Gasteiger partial charge in [0.15, 0.2) is 5.57 Å². The first kappa shape index (κ1) is 17.2. The molecular weight excluding hydrogens is 260 g/mol. The average molecular weight is 276 g/mol. The van der Waals surface area contributed by atoms with Crippen molar-refractivity contribution >= 4 is 17.6 Å². The lowest BCUT2D eigenvalue weighted by atomic mass is 10.0. The third-order valence-electron chi connectivity index (χ3n) is 2.42. The van der Waals surface area contributed by atoms with Crippen molar-refractivity contribution in [1.82, 2.24) is 11.1 Å². The first-order valence-electron chi connectivity index (χ1n) is 5.34. The molecule has 0 unspecified atom stereocenters. The summed E-state index contributed by atoms with van der Waals surface area (Å²) in [4.78, 5) is 24.1. The summed E-state index contributed by atoms with van der Waals surface area (Å²) < 4.78 is 0. The van der Waals surface area contributed by atoms with Gasteiger partial charge in [0.2, 0.25) is 5.91 Å². The number of aliphatic hydroxyl groups is 1. The summed E-state index contributed by atoms with van der Waals surface area (Å²) >= 11 is 0. The van der Waals surface area contributed by atoms with Crippen LogP contribution in [0.25, 0.3) is 5.76 Å². The number of likely N-dealkylation sites (N-methyl/N-ethyl adjacent to an activating group) is 1. The standard InChI is InChI=1S/C13H13N3O3.H3N/c1-16(2)13(19)10(7-14)11(17)8-5-3-4-6-9(8)12(15)18;/h3-6,17H,1-2H3,(H2,15,18);1H3/b11-10-;. The molecule has 0 aliphatic heterocycles. The molecule has 0 aromatic heterocycles. The van der Waals surface area contributed by atoms with E-state index in [-0.39, 0.29) is 17.3 Å². The van der Waals surface area contributed by atoms with Crippen molar-refractivity contribution in [3.05, 3.63) is 41.0 Å². The summed E-state index contributed by atoms with van der Waals surface area (Å²) in [6, 6.07) is 7.58. The molecular formula is C13H16N4O3. The van der Waals surface area contributed by atoms with Crippen LogP contribution in [-0.2, 0) is 4.79 Å². The monoisotopic (exact) mass is 276 g/mol. The van der Waals surface area contributed by atoms with Crippen molar-refractivity contribution in [2.24, 2.45) is 5.73 Å². The molecule has 2 amide bonds. The number of benzene rings is 1. The molecule has 20 heavy (non-hydrogen) atoms. The summed E-state index contributed by atoms with van der Waals surface area (Å²) in [5.74, 6) is -1.97. The third-order valence-corrected chi connectivity index (χ3v) is 2.42. The Morgan fingerprint density at radius 3 is 2.15 bits per heavy atom. The summed E-state index contributed by atoms with van der Waals surface area (Å²) in [7, 11) is 2.90. The zero-order valence-corrected chi connectivity index (χ0v) is 11.3. The molecule has 0 aliphatic carbocycles. The molecule has 0 saturated carbocycles. The van der Waals surface area contributed by atoms with Crippen molar-refractivity contribution in [2.75, 3.05) is 14.1 Å². The molecule has 106 valence electrons. The number of rotatable bonds is 3. The van der Waals surface area contributed by atoms with E-state index >= 15 is 0 Å². The number of nitrogens with two attached hydrogens (primary N) is 1. The van der Waals surface area contributed by atoms with Gasteiger partial charge in [-0.25, -0.2) is 0 Å². The van der Waals surface area contributed by atoms with Gasteiger partial charge in [-0.2, -0.15) is 5.26 Å². The maximum absolute atomic E-state index is 11.7. The van der Waals surface area contributed by atoms with Crippen LogP contribution in [0, 0.1) is 11.3 Å². The molecule has 6 N–H and O–H groups in total. The molecule has 0 spiro atoms. The zero-order chi connectivity index (χ0) is 14.6. The normalized spacial score (nSPS) is 10.7. The lowest BCUT2D eigenvalue weighted by molar-refractivity contribution is -0.124. The van der Waals surface area contributed by atoms with Crippen molar-refractivity contribution < 1.29 is 14.7 Å². The van der Waals surface area contributed by atoms with E-state index in [2.05, 4.69) is 0 Å². The van der Waals surface area contributed by atoms with E-state index in [1.165, 1.54) is 26.2 Å². The Morgan fingerprint density at radius 2 is 1.75 bits per heavy atom. The molecule has 0 atom stereocenters. The second-order valence-electron chi connectivity index (χ2n) is 3.94. The molecule has 7 nitrogen and oxygen atoms in total. The topological polar surface area (TPSA) is 142 Å². The smallest absolute Gasteiger partial charge is 0.267 e. The van der Waals surface area contributed by atoms with Crippen molar-refractivity contribution in [1.29, 1.82) is 5.26 Å². The van der Waals surface area contributed by atoms with Gasteiger partial charge in [-0.1, -0.05) is 18.2 Å². The number of aliphatic hydroxyl groups excluding tert-OH is 1. The Morgan fingerprint density at radius 1 is 1.25 bits per heavy atom. The summed E-state index contributed by atoms with van der Waals surface area (Å²) in [5, 5.41) is 19.0. The number of primary amides is 1. The maximum Gasteiger partial charge on any atom is 0.267 e. The van der Waals surface area contributed by atoms with Crippen LogP contribution in [0.4, 0.5) is 0 Å². The molecule has 0 heterocycles. The fourth-order valence-electron chi connectivity index (χ4n) is 1.46. The van der Waals surface area contributed by atoms with E-state index in [0.717, 1.165) is 4.90 Å². The second kappa shape index (κ2) is 6.92. The SMILES string of the molecule is CN(C)C(=O)/C(C#N)=C(\O)c1ccccc1C(N)=O.N. The highest BCUT2D eigenvalue weighted by Gasteiger charge is 2.21. The molecule has 7 heteroatoms. The highest BCUT2D eigenvalue weighted by atomic mass is 16.3. The lowest BCUT2D eigenvalue weighted by Gasteiger charge is -2.11. The minimum atomic E-state index is -0.753. The number of carbonyl (C=O) groups is 2. The van der Waals surface area contributed by atoms with Gasteiger partial charge in [0, 0.05) is 19.7 Å². The molecule has 0 radical (unpaired) electrons. The predicted molar refractivity (Wildman–Crippen MR) is 73.8 cm³/mol. The van der Waals surface area contributed by atoms with Crippen LogP contribution < -0.4 is 11.9 Å². The van der Waals surface area contributed by atoms with E-state index in [0.29, 0.717) is 0 Å². The summed E-state index contributed by atoms with van der Waals surface area (Å²) in [6.07, 6.45) is 0. The Bertz CT molecular complexity index is 600. The Balaban J connectivity index is 0.00000361. The minimum absolute atomic E-state index is 0. The maximum atomic E-state index is 11.7. The molecule has 0 saturated heterocycles. The predicted octanol–water partition coefficient (Wildman–Crippen LogP) is 0.828. The van der Waals surface area contributed by atoms with Crippen molar-refractivity contribution in [3.8, 4) is 6.07 Å². The van der Waals surface area contributed by atoms with Gasteiger partial charge in [-0.3, -0.25) is 9.59 Å². The minimum Gasteiger partial charge on any atom is -0.506 e. The van der Waals surface area contributed by atoms with Gasteiger partial charge < -0.3 is 21.9 Å². The number of amides is 2. The highest BCUT2D eigenvalue weighted by molar-refractivity contribution is 6.06. The van der Waals surface area contributed by atoms with Crippen molar-refractivity contribution in [2.45, 2.75) is 0 Å². The largest absolute Gasteiger partial charge is 0.506 e. The molecule has 0 bridgehead atoms. The lowest BCUT2D eigenvalue weighted by Crippen LogP contribution is -2.24. The molecule has 1 aromatic rings. The van der Waals surface area contributed by atoms with Crippen LogP contribution in [0.1, 0.15) is 15.9 Å². The molecule has 0 fully saturated rings. The van der Waals surface area contributed by atoms with Gasteiger partial charge >= 0.3 is 0 Å². The Hall–Kier alpha value is -2.85. The summed E-state index contributed by atoms with van der Waals surface area (Å²) in [5.41, 5.74) is 4.83. The van der Waals surface area contributed by atoms with Crippen LogP contribution >= 0.6 is 0 Å². The van der Waals surface area contributed by atoms with E-state index < -0.39 is 23.1 Å². The number of nitrogens with zero attached hydrogens (tertiary/aromatic N) is 2. The van der Waals surface area contributed by atoms with Gasteiger partial charge in [0.1, 0.15) is 11.8 Å². The third kappa shape index (κ3) is 3.34. The molecule has 1 rings (SSSR count). The van der Waals surface area contributed by atoms with E-state index in [9.17, 15) is 14.7 Å². The first-order valence-corrected chi connectivity index (χ1v) is 5.34. The van der Waals surface area contributed by atoms with Crippen LogP contribution in [0.2, 0.25) is 0 Å². The van der Waals surface area contributed by atoms with Crippen LogP contribution in [0.5, 0.6) is 0 Å². The van der Waals surface area contributed by atoms with Crippen LogP contribution in [0.3, 0.4) is 0 Å². The van der Waals surface area contributed by atoms with Gasteiger partial charge in [-0.15, -0.1) is 0 Å². The second-order valence-corrected chi connectivity index (χ2v) is 3.94. The summed E-state index contributed by atoms with van der Waals surface area (Å²) in [6.45, 7) is 0. The molecule has 1 aromatic carbocycles. The van der Waals surface area contributed by atoms with Gasteiger partial charge in [-0.05, 0) is 6.07 Å². The average Bonchev–Trinajstić information content (AvgIpc) is 2.39. The van der Waals surface area contributed by atoms with E-state index in [1.54, 1.807) is 18.2 Å².